The van der Waals surface area contributed by atoms with Crippen molar-refractivity contribution < 1.29 is 9.90 Å². The summed E-state index contributed by atoms with van der Waals surface area (Å²) in [5.74, 6) is 0.297. The minimum Gasteiger partial charge on any atom is -0.508 e. The lowest BCUT2D eigenvalue weighted by Crippen LogP contribution is -1.80. The fraction of sp³-hybridized carbons (Fsp3) is 0.0714. The molecule has 1 N–H and O–H groups in total. The van der Waals surface area contributed by atoms with E-state index in [0.717, 1.165) is 16.3 Å². The summed E-state index contributed by atoms with van der Waals surface area (Å²) in [7, 11) is 0. The van der Waals surface area contributed by atoms with Gasteiger partial charge in [0.1, 0.15) is 5.75 Å². The van der Waals surface area contributed by atoms with Gasteiger partial charge < -0.3 is 5.11 Å². The molecule has 0 aliphatic carbocycles. The number of benzene rings is 2. The highest BCUT2D eigenvalue weighted by molar-refractivity contribution is 5.92. The quantitative estimate of drug-likeness (QED) is 0.776. The normalized spacial score (nSPS) is 11.1. The SMILES string of the molecule is CC(=O)C=Cc1ccc2cc(O)ccc2c1. The first kappa shape index (κ1) is 10.4. The molecule has 2 aromatic carbocycles. The Labute approximate surface area is 93.8 Å². The third-order valence-electron chi connectivity index (χ3n) is 2.36. The van der Waals surface area contributed by atoms with Gasteiger partial charge in [-0.3, -0.25) is 4.79 Å². The number of fused-ring (bicyclic) bond motifs is 1. The Hall–Kier alpha value is -2.09. The van der Waals surface area contributed by atoms with Gasteiger partial charge in [-0.15, -0.1) is 0 Å². The van der Waals surface area contributed by atoms with E-state index in [1.807, 2.05) is 24.3 Å². The first-order valence-corrected chi connectivity index (χ1v) is 5.06. The summed E-state index contributed by atoms with van der Waals surface area (Å²) in [5, 5.41) is 11.3. The third-order valence-corrected chi connectivity index (χ3v) is 2.36. The van der Waals surface area contributed by atoms with Gasteiger partial charge in [-0.2, -0.15) is 0 Å². The van der Waals surface area contributed by atoms with Crippen molar-refractivity contribution in [1.82, 2.24) is 0 Å². The molecule has 2 aromatic rings. The molecule has 0 heterocycles. The van der Waals surface area contributed by atoms with Gasteiger partial charge >= 0.3 is 0 Å². The van der Waals surface area contributed by atoms with Gasteiger partial charge in [0, 0.05) is 0 Å². The number of ketones is 1. The molecule has 0 aromatic heterocycles. The van der Waals surface area contributed by atoms with Gasteiger partial charge in [-0.05, 0) is 47.5 Å². The van der Waals surface area contributed by atoms with Crippen molar-refractivity contribution in [3.05, 3.63) is 48.0 Å². The van der Waals surface area contributed by atoms with E-state index in [1.54, 1.807) is 24.3 Å². The number of hydrogen-bond donors (Lipinski definition) is 1. The van der Waals surface area contributed by atoms with Crippen LogP contribution in [-0.2, 0) is 4.79 Å². The van der Waals surface area contributed by atoms with E-state index in [9.17, 15) is 9.90 Å². The molecular weight excluding hydrogens is 200 g/mol. The van der Waals surface area contributed by atoms with Gasteiger partial charge in [0.2, 0.25) is 0 Å². The standard InChI is InChI=1S/C14H12O2/c1-10(15)2-3-11-4-5-13-9-14(16)7-6-12(13)8-11/h2-9,16H,1H3. The minimum atomic E-state index is 0.0332. The maximum atomic E-state index is 10.8. The summed E-state index contributed by atoms with van der Waals surface area (Å²) in [6.07, 6.45) is 3.33. The van der Waals surface area contributed by atoms with E-state index in [4.69, 9.17) is 0 Å². The molecule has 2 rings (SSSR count). The first-order chi connectivity index (χ1) is 7.65. The molecule has 0 saturated carbocycles. The van der Waals surface area contributed by atoms with Crippen molar-refractivity contribution >= 4 is 22.6 Å². The molecule has 0 aliphatic heterocycles. The van der Waals surface area contributed by atoms with Crippen LogP contribution in [0.25, 0.3) is 16.8 Å². The highest BCUT2D eigenvalue weighted by Crippen LogP contribution is 2.21. The molecule has 0 radical (unpaired) electrons. The van der Waals surface area contributed by atoms with Gasteiger partial charge in [0.25, 0.3) is 0 Å². The zero-order valence-electron chi connectivity index (χ0n) is 8.97. The van der Waals surface area contributed by atoms with Crippen molar-refractivity contribution in [2.45, 2.75) is 6.92 Å². The molecule has 0 unspecified atom stereocenters. The average molecular weight is 212 g/mol. The Morgan fingerprint density at radius 3 is 2.56 bits per heavy atom. The zero-order chi connectivity index (χ0) is 11.5. The first-order valence-electron chi connectivity index (χ1n) is 5.06. The summed E-state index contributed by atoms with van der Waals surface area (Å²) in [5.41, 5.74) is 0.980. The van der Waals surface area contributed by atoms with E-state index in [-0.39, 0.29) is 11.5 Å². The number of carbonyl (C=O) groups is 1. The summed E-state index contributed by atoms with van der Waals surface area (Å²) in [6, 6.07) is 11.1. The molecule has 0 bridgehead atoms. The lowest BCUT2D eigenvalue weighted by Gasteiger charge is -2.00. The topological polar surface area (TPSA) is 37.3 Å². The van der Waals surface area contributed by atoms with Crippen LogP contribution in [0.5, 0.6) is 5.75 Å². The highest BCUT2D eigenvalue weighted by atomic mass is 16.3. The maximum absolute atomic E-state index is 10.8. The Morgan fingerprint density at radius 1 is 1.12 bits per heavy atom. The number of rotatable bonds is 2. The second kappa shape index (κ2) is 4.19. The number of aromatic hydroxyl groups is 1. The van der Waals surface area contributed by atoms with E-state index in [1.165, 1.54) is 6.92 Å². The van der Waals surface area contributed by atoms with Crippen molar-refractivity contribution in [1.29, 1.82) is 0 Å². The molecule has 0 saturated heterocycles. The Morgan fingerprint density at radius 2 is 1.81 bits per heavy atom. The van der Waals surface area contributed by atoms with Crippen molar-refractivity contribution in [3.8, 4) is 5.75 Å². The number of carbonyl (C=O) groups excluding carboxylic acids is 1. The van der Waals surface area contributed by atoms with Crippen LogP contribution >= 0.6 is 0 Å². The molecule has 0 fully saturated rings. The number of phenols is 1. The van der Waals surface area contributed by atoms with Crippen LogP contribution in [0.15, 0.2) is 42.5 Å². The van der Waals surface area contributed by atoms with Gasteiger partial charge in [0.15, 0.2) is 5.78 Å². The monoisotopic (exact) mass is 212 g/mol. The Kier molecular flexibility index (Phi) is 2.73. The van der Waals surface area contributed by atoms with Crippen LogP contribution in [0.2, 0.25) is 0 Å². The lowest BCUT2D eigenvalue weighted by atomic mass is 10.1. The summed E-state index contributed by atoms with van der Waals surface area (Å²) in [6.45, 7) is 1.52. The van der Waals surface area contributed by atoms with E-state index in [0.29, 0.717) is 0 Å². The second-order valence-corrected chi connectivity index (χ2v) is 3.73. The van der Waals surface area contributed by atoms with Crippen LogP contribution in [0.3, 0.4) is 0 Å². The summed E-state index contributed by atoms with van der Waals surface area (Å²) in [4.78, 5) is 10.8. The van der Waals surface area contributed by atoms with Crippen LogP contribution in [0.4, 0.5) is 0 Å². The third kappa shape index (κ3) is 2.28. The molecule has 0 amide bonds. The molecule has 2 nitrogen and oxygen atoms in total. The molecule has 80 valence electrons. The lowest BCUT2D eigenvalue weighted by molar-refractivity contribution is -0.112. The molecule has 2 heteroatoms. The van der Waals surface area contributed by atoms with Crippen molar-refractivity contribution in [2.75, 3.05) is 0 Å². The number of phenolic OH excluding ortho intramolecular Hbond substituents is 1. The Bertz CT molecular complexity index is 568. The predicted octanol–water partition coefficient (Wildman–Crippen LogP) is 3.15. The largest absolute Gasteiger partial charge is 0.508 e. The molecule has 16 heavy (non-hydrogen) atoms. The van der Waals surface area contributed by atoms with E-state index >= 15 is 0 Å². The van der Waals surface area contributed by atoms with Gasteiger partial charge in [0.05, 0.1) is 0 Å². The van der Waals surface area contributed by atoms with Crippen molar-refractivity contribution in [3.63, 3.8) is 0 Å². The molecule has 0 aliphatic rings. The van der Waals surface area contributed by atoms with Gasteiger partial charge in [-0.1, -0.05) is 24.3 Å². The number of allylic oxidation sites excluding steroid dienone is 1. The summed E-state index contributed by atoms with van der Waals surface area (Å²) >= 11 is 0. The van der Waals surface area contributed by atoms with E-state index in [2.05, 4.69) is 0 Å². The fourth-order valence-corrected chi connectivity index (χ4v) is 1.57. The second-order valence-electron chi connectivity index (χ2n) is 3.73. The highest BCUT2D eigenvalue weighted by Gasteiger charge is 1.96. The number of hydrogen-bond acceptors (Lipinski definition) is 2. The zero-order valence-corrected chi connectivity index (χ0v) is 8.97. The summed E-state index contributed by atoms with van der Waals surface area (Å²) < 4.78 is 0. The van der Waals surface area contributed by atoms with Crippen LogP contribution < -0.4 is 0 Å². The molecular formula is C14H12O2. The Balaban J connectivity index is 2.44. The fourth-order valence-electron chi connectivity index (χ4n) is 1.57. The van der Waals surface area contributed by atoms with Gasteiger partial charge in [-0.25, -0.2) is 0 Å². The predicted molar refractivity (Wildman–Crippen MR) is 65.3 cm³/mol. The van der Waals surface area contributed by atoms with Crippen LogP contribution in [0, 0.1) is 0 Å². The molecule has 0 spiro atoms. The van der Waals surface area contributed by atoms with E-state index < -0.39 is 0 Å². The van der Waals surface area contributed by atoms with Crippen LogP contribution in [-0.4, -0.2) is 10.9 Å². The maximum Gasteiger partial charge on any atom is 0.152 e. The average Bonchev–Trinajstić information content (AvgIpc) is 2.26. The minimum absolute atomic E-state index is 0.0332. The van der Waals surface area contributed by atoms with Crippen LogP contribution in [0.1, 0.15) is 12.5 Å². The molecule has 0 atom stereocenters. The van der Waals surface area contributed by atoms with Crippen molar-refractivity contribution in [2.24, 2.45) is 0 Å². The smallest absolute Gasteiger partial charge is 0.152 e.